The minimum absolute atomic E-state index is 0.178. The average molecular weight is 369 g/mol. The summed E-state index contributed by atoms with van der Waals surface area (Å²) in [5, 5.41) is 1.43. The number of nitrogens with one attached hydrogen (secondary N) is 1. The molecule has 0 atom stereocenters. The van der Waals surface area contributed by atoms with Gasteiger partial charge in [-0.05, 0) is 35.0 Å². The molecule has 8 heteroatoms. The Bertz CT molecular complexity index is 1050. The molecular formula is C17H11F4NO2S. The van der Waals surface area contributed by atoms with Crippen LogP contribution in [0.3, 0.4) is 0 Å². The van der Waals surface area contributed by atoms with Gasteiger partial charge in [-0.15, -0.1) is 0 Å². The predicted octanol–water partition coefficient (Wildman–Crippen LogP) is 4.80. The first-order valence-electron chi connectivity index (χ1n) is 7.06. The van der Waals surface area contributed by atoms with E-state index in [9.17, 15) is 26.0 Å². The molecular weight excluding hydrogens is 358 g/mol. The van der Waals surface area contributed by atoms with Crippen molar-refractivity contribution >= 4 is 26.5 Å². The summed E-state index contributed by atoms with van der Waals surface area (Å²) in [7, 11) is -4.25. The lowest BCUT2D eigenvalue weighted by Gasteiger charge is -2.13. The molecule has 0 saturated carbocycles. The highest BCUT2D eigenvalue weighted by molar-refractivity contribution is 7.92. The van der Waals surface area contributed by atoms with Gasteiger partial charge < -0.3 is 0 Å². The molecule has 1 N–H and O–H groups in total. The SMILES string of the molecule is O=S(=O)(Nc1cccc(C(F)(F)F)c1F)c1ccc2ccccc2c1. The Balaban J connectivity index is 2.01. The van der Waals surface area contributed by atoms with Crippen LogP contribution >= 0.6 is 0 Å². The normalized spacial score (nSPS) is 12.3. The fourth-order valence-corrected chi connectivity index (χ4v) is 3.46. The Kier molecular flexibility index (Phi) is 4.16. The van der Waals surface area contributed by atoms with Crippen LogP contribution < -0.4 is 4.72 Å². The summed E-state index contributed by atoms with van der Waals surface area (Å²) in [6.45, 7) is 0. The number of benzene rings is 3. The molecule has 0 fully saturated rings. The van der Waals surface area contributed by atoms with Crippen LogP contribution in [0.5, 0.6) is 0 Å². The molecule has 0 heterocycles. The third-order valence-electron chi connectivity index (χ3n) is 3.58. The third kappa shape index (κ3) is 3.43. The van der Waals surface area contributed by atoms with Crippen molar-refractivity contribution in [2.24, 2.45) is 0 Å². The lowest BCUT2D eigenvalue weighted by molar-refractivity contribution is -0.139. The summed E-state index contributed by atoms with van der Waals surface area (Å²) >= 11 is 0. The molecule has 0 spiro atoms. The van der Waals surface area contributed by atoms with Gasteiger partial charge >= 0.3 is 6.18 Å². The van der Waals surface area contributed by atoms with Gasteiger partial charge in [0.05, 0.1) is 16.1 Å². The van der Waals surface area contributed by atoms with Crippen LogP contribution in [0.1, 0.15) is 5.56 Å². The molecule has 0 saturated heterocycles. The van der Waals surface area contributed by atoms with Crippen LogP contribution in [0.15, 0.2) is 65.6 Å². The van der Waals surface area contributed by atoms with E-state index in [1.54, 1.807) is 30.3 Å². The van der Waals surface area contributed by atoms with Gasteiger partial charge in [0.1, 0.15) is 0 Å². The van der Waals surface area contributed by atoms with Crippen molar-refractivity contribution in [3.05, 3.63) is 72.0 Å². The van der Waals surface area contributed by atoms with E-state index in [-0.39, 0.29) is 4.90 Å². The van der Waals surface area contributed by atoms with Crippen molar-refractivity contribution in [3.8, 4) is 0 Å². The Labute approximate surface area is 141 Å². The monoisotopic (exact) mass is 369 g/mol. The summed E-state index contributed by atoms with van der Waals surface area (Å²) in [5.74, 6) is -1.67. The number of halogens is 4. The fourth-order valence-electron chi connectivity index (χ4n) is 2.37. The average Bonchev–Trinajstić information content (AvgIpc) is 2.55. The van der Waals surface area contributed by atoms with Crippen molar-refractivity contribution in [1.82, 2.24) is 0 Å². The quantitative estimate of drug-likeness (QED) is 0.674. The van der Waals surface area contributed by atoms with E-state index in [1.165, 1.54) is 12.1 Å². The number of hydrogen-bond donors (Lipinski definition) is 1. The molecule has 0 radical (unpaired) electrons. The summed E-state index contributed by atoms with van der Waals surface area (Å²) in [6.07, 6.45) is -4.92. The van der Waals surface area contributed by atoms with Gasteiger partial charge in [0.2, 0.25) is 0 Å². The zero-order chi connectivity index (χ0) is 18.2. The van der Waals surface area contributed by atoms with E-state index in [0.717, 1.165) is 17.5 Å². The maximum absolute atomic E-state index is 14.0. The van der Waals surface area contributed by atoms with Gasteiger partial charge in [-0.3, -0.25) is 4.72 Å². The van der Waals surface area contributed by atoms with E-state index in [4.69, 9.17) is 0 Å². The van der Waals surface area contributed by atoms with Crippen LogP contribution in [0.4, 0.5) is 23.2 Å². The molecule has 130 valence electrons. The second-order valence-corrected chi connectivity index (χ2v) is 6.96. The highest BCUT2D eigenvalue weighted by Gasteiger charge is 2.35. The van der Waals surface area contributed by atoms with Crippen molar-refractivity contribution in [2.45, 2.75) is 11.1 Å². The highest BCUT2D eigenvalue weighted by Crippen LogP contribution is 2.34. The van der Waals surface area contributed by atoms with E-state index in [2.05, 4.69) is 0 Å². The van der Waals surface area contributed by atoms with E-state index in [0.29, 0.717) is 11.5 Å². The van der Waals surface area contributed by atoms with Crippen LogP contribution in [-0.2, 0) is 16.2 Å². The van der Waals surface area contributed by atoms with E-state index >= 15 is 0 Å². The van der Waals surface area contributed by atoms with Crippen molar-refractivity contribution < 1.29 is 26.0 Å². The standard InChI is InChI=1S/C17H11F4NO2S/c18-16-14(17(19,20)21)6-3-7-15(16)22-25(23,24)13-9-8-11-4-1-2-5-12(11)10-13/h1-10,22H. The maximum Gasteiger partial charge on any atom is 0.419 e. The number of sulfonamides is 1. The molecule has 3 aromatic rings. The van der Waals surface area contributed by atoms with Crippen LogP contribution in [0.2, 0.25) is 0 Å². The largest absolute Gasteiger partial charge is 0.419 e. The zero-order valence-corrected chi connectivity index (χ0v) is 13.3. The van der Waals surface area contributed by atoms with Crippen LogP contribution in [0, 0.1) is 5.82 Å². The van der Waals surface area contributed by atoms with Gasteiger partial charge in [-0.25, -0.2) is 12.8 Å². The molecule has 0 aromatic heterocycles. The van der Waals surface area contributed by atoms with E-state index in [1.807, 2.05) is 4.72 Å². The minimum atomic E-state index is -4.92. The lowest BCUT2D eigenvalue weighted by Crippen LogP contribution is -2.16. The maximum atomic E-state index is 14.0. The van der Waals surface area contributed by atoms with Gasteiger partial charge in [-0.2, -0.15) is 13.2 Å². The molecule has 3 rings (SSSR count). The molecule has 25 heavy (non-hydrogen) atoms. The summed E-state index contributed by atoms with van der Waals surface area (Å²) in [4.78, 5) is -0.178. The van der Waals surface area contributed by atoms with Crippen molar-refractivity contribution in [3.63, 3.8) is 0 Å². The summed E-state index contributed by atoms with van der Waals surface area (Å²) in [6, 6.07) is 13.6. The van der Waals surface area contributed by atoms with Crippen molar-refractivity contribution in [1.29, 1.82) is 0 Å². The smallest absolute Gasteiger partial charge is 0.277 e. The van der Waals surface area contributed by atoms with Crippen LogP contribution in [-0.4, -0.2) is 8.42 Å². The van der Waals surface area contributed by atoms with Gasteiger partial charge in [-0.1, -0.05) is 36.4 Å². The molecule has 0 bridgehead atoms. The van der Waals surface area contributed by atoms with Gasteiger partial charge in [0.15, 0.2) is 5.82 Å². The number of rotatable bonds is 3. The summed E-state index contributed by atoms with van der Waals surface area (Å²) in [5.41, 5.74) is -2.30. The second-order valence-electron chi connectivity index (χ2n) is 5.28. The Morgan fingerprint density at radius 2 is 1.52 bits per heavy atom. The molecule has 3 aromatic carbocycles. The predicted molar refractivity (Wildman–Crippen MR) is 86.2 cm³/mol. The first-order chi connectivity index (χ1) is 11.7. The van der Waals surface area contributed by atoms with E-state index < -0.39 is 33.3 Å². The number of alkyl halides is 3. The molecule has 0 unspecified atom stereocenters. The highest BCUT2D eigenvalue weighted by atomic mass is 32.2. The first kappa shape index (κ1) is 17.2. The first-order valence-corrected chi connectivity index (χ1v) is 8.54. The van der Waals surface area contributed by atoms with Crippen molar-refractivity contribution in [2.75, 3.05) is 4.72 Å². The Morgan fingerprint density at radius 1 is 0.840 bits per heavy atom. The third-order valence-corrected chi connectivity index (χ3v) is 4.94. The zero-order valence-electron chi connectivity index (χ0n) is 12.5. The summed E-state index contributed by atoms with van der Waals surface area (Å²) < 4.78 is 78.9. The second kappa shape index (κ2) is 6.03. The van der Waals surface area contributed by atoms with Gasteiger partial charge in [0.25, 0.3) is 10.0 Å². The molecule has 0 amide bonds. The lowest BCUT2D eigenvalue weighted by atomic mass is 10.1. The topological polar surface area (TPSA) is 46.2 Å². The Morgan fingerprint density at radius 3 is 2.20 bits per heavy atom. The number of anilines is 1. The van der Waals surface area contributed by atoms with Crippen LogP contribution in [0.25, 0.3) is 10.8 Å². The number of hydrogen-bond acceptors (Lipinski definition) is 2. The minimum Gasteiger partial charge on any atom is -0.277 e. The molecule has 0 aliphatic rings. The number of fused-ring (bicyclic) bond motifs is 1. The fraction of sp³-hybridized carbons (Fsp3) is 0.0588. The molecule has 3 nitrogen and oxygen atoms in total. The molecule has 0 aliphatic heterocycles. The molecule has 0 aliphatic carbocycles. The van der Waals surface area contributed by atoms with Gasteiger partial charge in [0, 0.05) is 0 Å². The Hall–Kier alpha value is -2.61.